The molecule has 0 bridgehead atoms. The molecule has 0 radical (unpaired) electrons. The van der Waals surface area contributed by atoms with Gasteiger partial charge < -0.3 is 0 Å². The number of fused-ring (bicyclic) bond motifs is 4. The van der Waals surface area contributed by atoms with Crippen LogP contribution in [0.25, 0.3) is 17.2 Å². The average molecular weight is 689 g/mol. The minimum absolute atomic E-state index is 0.297. The molecular weight excluding hydrogens is 645 g/mol. The number of benzene rings is 3. The third-order valence-electron chi connectivity index (χ3n) is 11.6. The average Bonchev–Trinajstić information content (AvgIpc) is 3.41. The molecule has 0 saturated carbocycles. The fourth-order valence-electron chi connectivity index (χ4n) is 8.89. The van der Waals surface area contributed by atoms with Gasteiger partial charge >= 0.3 is 0 Å². The van der Waals surface area contributed by atoms with Crippen molar-refractivity contribution >= 4 is 29.0 Å². The zero-order valence-corrected chi connectivity index (χ0v) is 30.6. The van der Waals surface area contributed by atoms with Crippen LogP contribution in [-0.2, 0) is 0 Å². The summed E-state index contributed by atoms with van der Waals surface area (Å²) in [6.07, 6.45) is 37.4. The van der Waals surface area contributed by atoms with Crippen LogP contribution < -0.4 is 0 Å². The fourth-order valence-corrected chi connectivity index (χ4v) is 10.2. The number of allylic oxidation sites excluding steroid dienone is 18. The van der Waals surface area contributed by atoms with Crippen molar-refractivity contribution in [1.29, 1.82) is 0 Å². The maximum absolute atomic E-state index is 3.44. The number of thioether (sulfide) groups is 1. The van der Waals surface area contributed by atoms with Gasteiger partial charge in [0.05, 0.1) is 0 Å². The molecule has 5 unspecified atom stereocenters. The predicted octanol–water partition coefficient (Wildman–Crippen LogP) is 12.9. The minimum atomic E-state index is 0.297. The molecule has 3 aromatic rings. The van der Waals surface area contributed by atoms with Crippen molar-refractivity contribution < 1.29 is 0 Å². The molecule has 0 N–H and O–H groups in total. The van der Waals surface area contributed by atoms with Crippen molar-refractivity contribution in [3.63, 3.8) is 0 Å². The van der Waals surface area contributed by atoms with Crippen LogP contribution in [0.1, 0.15) is 60.8 Å². The van der Waals surface area contributed by atoms with E-state index in [1.165, 1.54) is 60.6 Å². The van der Waals surface area contributed by atoms with Crippen LogP contribution >= 0.6 is 11.8 Å². The Morgan fingerprint density at radius 1 is 0.865 bits per heavy atom. The summed E-state index contributed by atoms with van der Waals surface area (Å²) in [5.41, 5.74) is 13.9. The van der Waals surface area contributed by atoms with Gasteiger partial charge in [-0.15, -0.1) is 11.8 Å². The van der Waals surface area contributed by atoms with E-state index < -0.39 is 0 Å². The summed E-state index contributed by atoms with van der Waals surface area (Å²) in [5, 5.41) is 0.510. The summed E-state index contributed by atoms with van der Waals surface area (Å²) in [7, 11) is 0. The summed E-state index contributed by atoms with van der Waals surface area (Å²) in [6.45, 7) is 2.27. The van der Waals surface area contributed by atoms with Crippen LogP contribution in [0.5, 0.6) is 0 Å². The Morgan fingerprint density at radius 2 is 1.73 bits per heavy atom. The molecule has 52 heavy (non-hydrogen) atoms. The normalized spacial score (nSPS) is 28.0. The van der Waals surface area contributed by atoms with Gasteiger partial charge in [0.2, 0.25) is 0 Å². The SMILES string of the molecule is C[C@H]1C#CC=CC1/C(=C1/C=CC2C(C3=CCCC(c4ccc(/C=C\C5=CC6c7ccccc7SC6C=CC5)cc4)=C3)=CC=CC2C1)c1ccccc1. The highest BCUT2D eigenvalue weighted by molar-refractivity contribution is 8.00. The Morgan fingerprint density at radius 3 is 2.62 bits per heavy atom. The molecular formula is C51H44S. The van der Waals surface area contributed by atoms with E-state index in [2.05, 4.69) is 177 Å². The first-order valence-electron chi connectivity index (χ1n) is 19.0. The highest BCUT2D eigenvalue weighted by Crippen LogP contribution is 2.49. The van der Waals surface area contributed by atoms with Gasteiger partial charge in [0, 0.05) is 33.8 Å². The van der Waals surface area contributed by atoms with Crippen molar-refractivity contribution in [1.82, 2.24) is 0 Å². The monoisotopic (exact) mass is 688 g/mol. The molecule has 5 aliphatic carbocycles. The summed E-state index contributed by atoms with van der Waals surface area (Å²) >= 11 is 2.00. The second kappa shape index (κ2) is 14.5. The molecule has 1 heteroatoms. The first-order valence-corrected chi connectivity index (χ1v) is 19.9. The topological polar surface area (TPSA) is 0 Å². The van der Waals surface area contributed by atoms with E-state index in [0.29, 0.717) is 34.8 Å². The lowest BCUT2D eigenvalue weighted by molar-refractivity contribution is 0.514. The van der Waals surface area contributed by atoms with Crippen LogP contribution in [0.2, 0.25) is 0 Å². The molecule has 0 nitrogen and oxygen atoms in total. The highest BCUT2D eigenvalue weighted by atomic mass is 32.2. The van der Waals surface area contributed by atoms with E-state index in [4.69, 9.17) is 0 Å². The molecule has 3 aromatic carbocycles. The van der Waals surface area contributed by atoms with Gasteiger partial charge in [0.15, 0.2) is 0 Å². The van der Waals surface area contributed by atoms with E-state index in [-0.39, 0.29) is 0 Å². The van der Waals surface area contributed by atoms with E-state index >= 15 is 0 Å². The maximum atomic E-state index is 3.44. The van der Waals surface area contributed by atoms with E-state index in [0.717, 1.165) is 25.7 Å². The van der Waals surface area contributed by atoms with Gasteiger partial charge in [-0.1, -0.05) is 171 Å². The second-order valence-electron chi connectivity index (χ2n) is 14.9. The quantitative estimate of drug-likeness (QED) is 0.183. The first kappa shape index (κ1) is 32.8. The zero-order valence-electron chi connectivity index (χ0n) is 29.8. The lowest BCUT2D eigenvalue weighted by Crippen LogP contribution is -2.22. The van der Waals surface area contributed by atoms with Crippen LogP contribution in [0.4, 0.5) is 0 Å². The molecule has 1 aliphatic heterocycles. The number of hydrogen-bond acceptors (Lipinski definition) is 1. The van der Waals surface area contributed by atoms with Crippen molar-refractivity contribution in [2.24, 2.45) is 23.7 Å². The summed E-state index contributed by atoms with van der Waals surface area (Å²) in [6, 6.07) is 29.1. The molecule has 9 rings (SSSR count). The summed E-state index contributed by atoms with van der Waals surface area (Å²) in [5.74, 6) is 8.54. The Hall–Kier alpha value is -5.03. The van der Waals surface area contributed by atoms with Crippen LogP contribution in [0.3, 0.4) is 0 Å². The van der Waals surface area contributed by atoms with Gasteiger partial charge in [-0.25, -0.2) is 0 Å². The molecule has 254 valence electrons. The number of rotatable bonds is 6. The first-order chi connectivity index (χ1) is 25.7. The molecule has 0 spiro atoms. The molecule has 6 aliphatic rings. The Balaban J connectivity index is 0.929. The Bertz CT molecular complexity index is 2250. The maximum Gasteiger partial charge on any atom is 0.0378 e. The van der Waals surface area contributed by atoms with Gasteiger partial charge in [0.25, 0.3) is 0 Å². The minimum Gasteiger partial charge on any atom is -0.117 e. The largest absolute Gasteiger partial charge is 0.117 e. The van der Waals surface area contributed by atoms with E-state index in [1.54, 1.807) is 0 Å². The lowest BCUT2D eigenvalue weighted by Gasteiger charge is -2.34. The smallest absolute Gasteiger partial charge is 0.0378 e. The van der Waals surface area contributed by atoms with E-state index in [1.807, 2.05) is 17.8 Å². The van der Waals surface area contributed by atoms with Crippen molar-refractivity contribution in [2.75, 3.05) is 0 Å². The third-order valence-corrected chi connectivity index (χ3v) is 12.9. The molecule has 1 heterocycles. The highest BCUT2D eigenvalue weighted by Gasteiger charge is 2.33. The second-order valence-corrected chi connectivity index (χ2v) is 16.1. The van der Waals surface area contributed by atoms with E-state index in [9.17, 15) is 0 Å². The molecule has 6 atom stereocenters. The fraction of sp³-hybridized carbons (Fsp3) is 0.216. The van der Waals surface area contributed by atoms with Gasteiger partial charge in [0.1, 0.15) is 0 Å². The Labute approximate surface area is 314 Å². The molecule has 0 saturated heterocycles. The van der Waals surface area contributed by atoms with Crippen molar-refractivity contribution in [2.45, 2.75) is 48.7 Å². The molecule has 0 aromatic heterocycles. The predicted molar refractivity (Wildman–Crippen MR) is 222 cm³/mol. The van der Waals surface area contributed by atoms with Gasteiger partial charge in [-0.3, -0.25) is 0 Å². The lowest BCUT2D eigenvalue weighted by atomic mass is 9.69. The molecule has 0 fully saturated rings. The Kier molecular flexibility index (Phi) is 9.18. The summed E-state index contributed by atoms with van der Waals surface area (Å²) < 4.78 is 0. The summed E-state index contributed by atoms with van der Waals surface area (Å²) in [4.78, 5) is 1.43. The van der Waals surface area contributed by atoms with Gasteiger partial charge in [-0.2, -0.15) is 0 Å². The zero-order chi connectivity index (χ0) is 34.9. The van der Waals surface area contributed by atoms with Crippen molar-refractivity contribution in [3.8, 4) is 11.8 Å². The van der Waals surface area contributed by atoms with Crippen LogP contribution in [-0.4, -0.2) is 5.25 Å². The van der Waals surface area contributed by atoms with Crippen molar-refractivity contribution in [3.05, 3.63) is 202 Å². The standard InChI is InChI=1S/C51H44S/c1-35-12-5-6-19-44(35)51(39-14-3-2-4-15-39)43-30-31-46-42(34-43)18-11-21-45(46)41-17-10-16-40(33-41)38-28-26-36(27-29-38)24-25-37-13-9-23-50-48(32-37)47-20-7-8-22-49(47)52-50/h2-4,6-9,11,14-15,17-33,35,42,44,46,48,50H,10,13,16,34H2,1H3/b25-24-,51-43-/t35-,42?,44?,46?,48?,50?/m0/s1. The van der Waals surface area contributed by atoms with Crippen LogP contribution in [0.15, 0.2) is 185 Å². The molecule has 0 amide bonds. The van der Waals surface area contributed by atoms with Crippen LogP contribution in [0, 0.1) is 35.5 Å². The third kappa shape index (κ3) is 6.58. The van der Waals surface area contributed by atoms with Gasteiger partial charge in [-0.05, 0) is 99.4 Å². The number of hydrogen-bond donors (Lipinski definition) is 0.